The molecule has 0 radical (unpaired) electrons. The second kappa shape index (κ2) is 6.62. The number of hydrazine groups is 1. The Morgan fingerprint density at radius 1 is 1.15 bits per heavy atom. The molecule has 1 aliphatic rings. The minimum atomic E-state index is 0.620. The van der Waals surface area contributed by atoms with Gasteiger partial charge in [-0.3, -0.25) is 10.4 Å². The first kappa shape index (κ1) is 14.7. The quantitative estimate of drug-likeness (QED) is 0.888. The molecule has 108 valence electrons. The molecule has 3 nitrogen and oxygen atoms in total. The van der Waals surface area contributed by atoms with E-state index in [2.05, 4.69) is 85.9 Å². The van der Waals surface area contributed by atoms with Crippen LogP contribution < -0.4 is 5.43 Å². The van der Waals surface area contributed by atoms with Gasteiger partial charge in [0.2, 0.25) is 0 Å². The van der Waals surface area contributed by atoms with Gasteiger partial charge >= 0.3 is 0 Å². The number of hydrogen-bond donors (Lipinski definition) is 1. The number of likely N-dealkylation sites (N-methyl/N-ethyl adjacent to an activating group) is 1. The SMILES string of the molecule is CC(C)CN1C=C(CN(C)C)C=C(c2ccccc2)N1. The van der Waals surface area contributed by atoms with Crippen LogP contribution in [0.25, 0.3) is 5.70 Å². The molecule has 20 heavy (non-hydrogen) atoms. The number of benzene rings is 1. The first-order chi connectivity index (χ1) is 9.54. The molecule has 1 aromatic carbocycles. The van der Waals surface area contributed by atoms with Crippen molar-refractivity contribution in [1.29, 1.82) is 0 Å². The third kappa shape index (κ3) is 4.14. The van der Waals surface area contributed by atoms with Crippen LogP contribution in [-0.4, -0.2) is 37.1 Å². The molecule has 1 aliphatic heterocycles. The highest BCUT2D eigenvalue weighted by Gasteiger charge is 2.14. The Hall–Kier alpha value is -1.74. The molecule has 2 rings (SSSR count). The van der Waals surface area contributed by atoms with Crippen molar-refractivity contribution in [1.82, 2.24) is 15.3 Å². The monoisotopic (exact) mass is 271 g/mol. The van der Waals surface area contributed by atoms with E-state index in [1.54, 1.807) is 0 Å². The van der Waals surface area contributed by atoms with E-state index in [0.29, 0.717) is 5.92 Å². The van der Waals surface area contributed by atoms with Crippen LogP contribution in [0, 0.1) is 5.92 Å². The molecule has 0 aromatic heterocycles. The summed E-state index contributed by atoms with van der Waals surface area (Å²) >= 11 is 0. The lowest BCUT2D eigenvalue weighted by molar-refractivity contribution is 0.279. The van der Waals surface area contributed by atoms with E-state index in [1.165, 1.54) is 16.8 Å². The van der Waals surface area contributed by atoms with Gasteiger partial charge in [0.15, 0.2) is 0 Å². The maximum Gasteiger partial charge on any atom is 0.0618 e. The van der Waals surface area contributed by atoms with Crippen molar-refractivity contribution in [3.63, 3.8) is 0 Å². The molecule has 0 bridgehead atoms. The first-order valence-corrected chi connectivity index (χ1v) is 7.20. The van der Waals surface area contributed by atoms with Crippen molar-refractivity contribution in [2.24, 2.45) is 5.92 Å². The Labute approximate surface area is 122 Å². The van der Waals surface area contributed by atoms with E-state index in [1.807, 2.05) is 0 Å². The Morgan fingerprint density at radius 3 is 2.45 bits per heavy atom. The molecule has 0 saturated carbocycles. The normalized spacial score (nSPS) is 15.2. The van der Waals surface area contributed by atoms with Crippen LogP contribution in [0.3, 0.4) is 0 Å². The fourth-order valence-corrected chi connectivity index (χ4v) is 2.35. The summed E-state index contributed by atoms with van der Waals surface area (Å²) in [7, 11) is 4.21. The summed E-state index contributed by atoms with van der Waals surface area (Å²) in [6.45, 7) is 6.43. The number of nitrogens with zero attached hydrogens (tertiary/aromatic N) is 2. The Kier molecular flexibility index (Phi) is 4.85. The molecule has 1 N–H and O–H groups in total. The van der Waals surface area contributed by atoms with E-state index in [9.17, 15) is 0 Å². The number of nitrogens with one attached hydrogen (secondary N) is 1. The molecule has 0 spiro atoms. The summed E-state index contributed by atoms with van der Waals surface area (Å²) in [6, 6.07) is 10.5. The first-order valence-electron chi connectivity index (χ1n) is 7.20. The topological polar surface area (TPSA) is 18.5 Å². The summed E-state index contributed by atoms with van der Waals surface area (Å²) in [5, 5.41) is 2.20. The molecule has 0 aliphatic carbocycles. The van der Waals surface area contributed by atoms with Crippen LogP contribution in [0.1, 0.15) is 19.4 Å². The highest BCUT2D eigenvalue weighted by Crippen LogP contribution is 2.19. The van der Waals surface area contributed by atoms with Crippen LogP contribution in [0.15, 0.2) is 48.2 Å². The molecular formula is C17H25N3. The lowest BCUT2D eigenvalue weighted by Gasteiger charge is -2.31. The fourth-order valence-electron chi connectivity index (χ4n) is 2.35. The summed E-state index contributed by atoms with van der Waals surface area (Å²) < 4.78 is 0. The molecule has 1 heterocycles. The van der Waals surface area contributed by atoms with E-state index in [4.69, 9.17) is 0 Å². The molecule has 0 atom stereocenters. The maximum absolute atomic E-state index is 3.50. The number of hydrogen-bond acceptors (Lipinski definition) is 3. The van der Waals surface area contributed by atoms with Gasteiger partial charge in [0.05, 0.1) is 5.70 Å². The van der Waals surface area contributed by atoms with Gasteiger partial charge in [0.1, 0.15) is 0 Å². The van der Waals surface area contributed by atoms with Crippen LogP contribution >= 0.6 is 0 Å². The van der Waals surface area contributed by atoms with E-state index >= 15 is 0 Å². The average molecular weight is 271 g/mol. The molecule has 0 saturated heterocycles. The second-order valence-electron chi connectivity index (χ2n) is 6.02. The summed E-state index contributed by atoms with van der Waals surface area (Å²) in [4.78, 5) is 2.20. The third-order valence-electron chi connectivity index (χ3n) is 3.06. The summed E-state index contributed by atoms with van der Waals surface area (Å²) in [6.07, 6.45) is 4.46. The largest absolute Gasteiger partial charge is 0.305 e. The fraction of sp³-hybridized carbons (Fsp3) is 0.412. The van der Waals surface area contributed by atoms with E-state index in [0.717, 1.165) is 13.1 Å². The van der Waals surface area contributed by atoms with E-state index in [-0.39, 0.29) is 0 Å². The van der Waals surface area contributed by atoms with Crippen molar-refractivity contribution in [3.05, 3.63) is 53.7 Å². The van der Waals surface area contributed by atoms with Crippen molar-refractivity contribution < 1.29 is 0 Å². The van der Waals surface area contributed by atoms with Gasteiger partial charge in [-0.2, -0.15) is 0 Å². The zero-order chi connectivity index (χ0) is 14.5. The van der Waals surface area contributed by atoms with Crippen molar-refractivity contribution in [2.45, 2.75) is 13.8 Å². The second-order valence-corrected chi connectivity index (χ2v) is 6.02. The summed E-state index contributed by atoms with van der Waals surface area (Å²) in [5.74, 6) is 0.620. The van der Waals surface area contributed by atoms with Gasteiger partial charge in [0.25, 0.3) is 0 Å². The van der Waals surface area contributed by atoms with Gasteiger partial charge in [0, 0.05) is 19.3 Å². The molecular weight excluding hydrogens is 246 g/mol. The smallest absolute Gasteiger partial charge is 0.0618 e. The van der Waals surface area contributed by atoms with Gasteiger partial charge < -0.3 is 4.90 Å². The Morgan fingerprint density at radius 2 is 1.85 bits per heavy atom. The predicted molar refractivity (Wildman–Crippen MR) is 85.7 cm³/mol. The standard InChI is InChI=1S/C17H25N3/c1-14(2)11-20-13-15(12-19(3)4)10-17(18-20)16-8-6-5-7-9-16/h5-10,13-14,18H,11-12H2,1-4H3. The van der Waals surface area contributed by atoms with E-state index < -0.39 is 0 Å². The lowest BCUT2D eigenvalue weighted by atomic mass is 10.1. The zero-order valence-electron chi connectivity index (χ0n) is 12.9. The lowest BCUT2D eigenvalue weighted by Crippen LogP contribution is -2.38. The molecule has 0 amide bonds. The van der Waals surface area contributed by atoms with Crippen LogP contribution in [0.4, 0.5) is 0 Å². The molecule has 0 unspecified atom stereocenters. The molecule has 3 heteroatoms. The van der Waals surface area contributed by atoms with Crippen molar-refractivity contribution in [2.75, 3.05) is 27.2 Å². The molecule has 0 fully saturated rings. The molecule has 1 aromatic rings. The van der Waals surface area contributed by atoms with Gasteiger partial charge in [-0.15, -0.1) is 0 Å². The number of rotatable bonds is 5. The van der Waals surface area contributed by atoms with Gasteiger partial charge in [-0.05, 0) is 37.2 Å². The van der Waals surface area contributed by atoms with Crippen molar-refractivity contribution in [3.8, 4) is 0 Å². The van der Waals surface area contributed by atoms with Crippen molar-refractivity contribution >= 4 is 5.70 Å². The van der Waals surface area contributed by atoms with Gasteiger partial charge in [-0.1, -0.05) is 44.2 Å². The summed E-state index contributed by atoms with van der Waals surface area (Å²) in [5.41, 5.74) is 7.23. The predicted octanol–water partition coefficient (Wildman–Crippen LogP) is 2.95. The van der Waals surface area contributed by atoms with Crippen LogP contribution in [0.2, 0.25) is 0 Å². The minimum Gasteiger partial charge on any atom is -0.305 e. The third-order valence-corrected chi connectivity index (χ3v) is 3.06. The maximum atomic E-state index is 3.50. The zero-order valence-corrected chi connectivity index (χ0v) is 12.9. The Balaban J connectivity index is 2.23. The van der Waals surface area contributed by atoms with Gasteiger partial charge in [-0.25, -0.2) is 0 Å². The average Bonchev–Trinajstić information content (AvgIpc) is 2.38. The minimum absolute atomic E-state index is 0.620. The highest BCUT2D eigenvalue weighted by atomic mass is 15.5. The highest BCUT2D eigenvalue weighted by molar-refractivity contribution is 5.67. The van der Waals surface area contributed by atoms with Crippen LogP contribution in [-0.2, 0) is 0 Å². The Bertz CT molecular complexity index is 486. The van der Waals surface area contributed by atoms with Crippen LogP contribution in [0.5, 0.6) is 0 Å².